The molecular formula is C16H12ClN3O5S. The van der Waals surface area contributed by atoms with Gasteiger partial charge in [0.2, 0.25) is 5.91 Å². The molecule has 0 atom stereocenters. The minimum Gasteiger partial charge on any atom is -0.408 e. The van der Waals surface area contributed by atoms with Crippen molar-refractivity contribution in [2.75, 3.05) is 16.2 Å². The maximum absolute atomic E-state index is 13.2. The Hall–Kier alpha value is -2.78. The maximum Gasteiger partial charge on any atom is 0.419 e. The molecule has 1 aliphatic rings. The van der Waals surface area contributed by atoms with Crippen molar-refractivity contribution < 1.29 is 17.6 Å². The summed E-state index contributed by atoms with van der Waals surface area (Å²) in [6.07, 6.45) is 0. The highest BCUT2D eigenvalue weighted by Crippen LogP contribution is 2.36. The number of aromatic nitrogens is 1. The van der Waals surface area contributed by atoms with Gasteiger partial charge in [0.05, 0.1) is 21.9 Å². The highest BCUT2D eigenvalue weighted by molar-refractivity contribution is 7.93. The number of nitrogens with zero attached hydrogens (tertiary/aromatic N) is 2. The van der Waals surface area contributed by atoms with Crippen LogP contribution >= 0.6 is 11.6 Å². The summed E-state index contributed by atoms with van der Waals surface area (Å²) in [7, 11) is -2.67. The second-order valence-electron chi connectivity index (χ2n) is 5.75. The van der Waals surface area contributed by atoms with Crippen LogP contribution in [0.1, 0.15) is 0 Å². The Balaban J connectivity index is 1.93. The van der Waals surface area contributed by atoms with Gasteiger partial charge >= 0.3 is 5.76 Å². The quantitative estimate of drug-likeness (QED) is 0.716. The van der Waals surface area contributed by atoms with Crippen LogP contribution in [0.2, 0.25) is 5.02 Å². The van der Waals surface area contributed by atoms with Crippen LogP contribution < -0.4 is 15.4 Å². The molecule has 4 rings (SSSR count). The summed E-state index contributed by atoms with van der Waals surface area (Å²) >= 11 is 6.19. The van der Waals surface area contributed by atoms with Crippen LogP contribution in [-0.2, 0) is 21.9 Å². The molecule has 2 aromatic carbocycles. The molecule has 0 saturated heterocycles. The van der Waals surface area contributed by atoms with Crippen LogP contribution in [-0.4, -0.2) is 25.4 Å². The number of hydrogen-bond donors (Lipinski definition) is 1. The minimum atomic E-state index is -4.16. The van der Waals surface area contributed by atoms with E-state index in [1.807, 2.05) is 0 Å². The summed E-state index contributed by atoms with van der Waals surface area (Å²) in [6.45, 7) is -0.382. The molecule has 0 unspecified atom stereocenters. The summed E-state index contributed by atoms with van der Waals surface area (Å²) in [5.74, 6) is -1.09. The van der Waals surface area contributed by atoms with Crippen LogP contribution in [0.5, 0.6) is 0 Å². The largest absolute Gasteiger partial charge is 0.419 e. The number of benzene rings is 2. The highest BCUT2D eigenvalue weighted by atomic mass is 35.5. The number of amides is 1. The Bertz CT molecular complexity index is 1230. The van der Waals surface area contributed by atoms with Crippen molar-refractivity contribution in [3.8, 4) is 0 Å². The minimum absolute atomic E-state index is 0.0719. The molecule has 0 fully saturated rings. The average Bonchev–Trinajstić information content (AvgIpc) is 2.87. The van der Waals surface area contributed by atoms with Gasteiger partial charge in [-0.3, -0.25) is 13.7 Å². The highest BCUT2D eigenvalue weighted by Gasteiger charge is 2.34. The molecule has 0 aliphatic carbocycles. The van der Waals surface area contributed by atoms with Crippen molar-refractivity contribution in [2.24, 2.45) is 7.05 Å². The van der Waals surface area contributed by atoms with Gasteiger partial charge < -0.3 is 9.73 Å². The summed E-state index contributed by atoms with van der Waals surface area (Å²) in [5, 5.41) is 2.56. The van der Waals surface area contributed by atoms with Crippen molar-refractivity contribution in [2.45, 2.75) is 4.90 Å². The Kier molecular flexibility index (Phi) is 3.60. The Morgan fingerprint density at radius 1 is 1.19 bits per heavy atom. The average molecular weight is 394 g/mol. The van der Waals surface area contributed by atoms with Crippen LogP contribution in [0, 0.1) is 0 Å². The van der Waals surface area contributed by atoms with Crippen molar-refractivity contribution in [3.63, 3.8) is 0 Å². The zero-order valence-corrected chi connectivity index (χ0v) is 15.0. The molecule has 2 heterocycles. The van der Waals surface area contributed by atoms with E-state index in [9.17, 15) is 18.0 Å². The lowest BCUT2D eigenvalue weighted by Crippen LogP contribution is -2.42. The van der Waals surface area contributed by atoms with E-state index in [4.69, 9.17) is 16.0 Å². The third-order valence-electron chi connectivity index (χ3n) is 4.15. The number of aryl methyl sites for hydroxylation is 1. The van der Waals surface area contributed by atoms with E-state index < -0.39 is 21.7 Å². The van der Waals surface area contributed by atoms with E-state index in [0.717, 1.165) is 4.31 Å². The van der Waals surface area contributed by atoms with Crippen LogP contribution in [0.15, 0.2) is 50.5 Å². The number of sulfonamides is 1. The number of hydrogen-bond acceptors (Lipinski definition) is 5. The third-order valence-corrected chi connectivity index (χ3v) is 6.37. The van der Waals surface area contributed by atoms with Crippen LogP contribution in [0.3, 0.4) is 0 Å². The molecule has 1 amide bonds. The molecule has 0 radical (unpaired) electrons. The number of rotatable bonds is 2. The molecule has 134 valence electrons. The number of oxazole rings is 1. The first-order chi connectivity index (χ1) is 12.3. The standard InChI is InChI=1S/C16H12ClN3O5S/c1-19-12-6-9(17)14(7-13(12)25-16(19)22)26(23,24)20-8-15(21)18-10-4-2-3-5-11(10)20/h2-7H,8H2,1H3,(H,18,21). The van der Waals surface area contributed by atoms with E-state index in [1.165, 1.54) is 23.7 Å². The summed E-state index contributed by atoms with van der Waals surface area (Å²) in [4.78, 5) is 23.4. The van der Waals surface area contributed by atoms with E-state index in [-0.39, 0.29) is 22.0 Å². The van der Waals surface area contributed by atoms with E-state index >= 15 is 0 Å². The lowest BCUT2D eigenvalue weighted by Gasteiger charge is -2.30. The van der Waals surface area contributed by atoms with Gasteiger partial charge in [-0.2, -0.15) is 0 Å². The van der Waals surface area contributed by atoms with Gasteiger partial charge in [0.1, 0.15) is 11.4 Å². The van der Waals surface area contributed by atoms with E-state index in [1.54, 1.807) is 24.3 Å². The zero-order valence-electron chi connectivity index (χ0n) is 13.4. The fourth-order valence-corrected chi connectivity index (χ4v) is 4.82. The van der Waals surface area contributed by atoms with Crippen LogP contribution in [0.4, 0.5) is 11.4 Å². The predicted octanol–water partition coefficient (Wildman–Crippen LogP) is 1.93. The number of anilines is 2. The number of carbonyl (C=O) groups excluding carboxylic acids is 1. The first kappa shape index (κ1) is 16.7. The molecule has 26 heavy (non-hydrogen) atoms. The number of halogens is 1. The van der Waals surface area contributed by atoms with E-state index in [2.05, 4.69) is 5.32 Å². The topological polar surface area (TPSA) is 102 Å². The second kappa shape index (κ2) is 5.61. The van der Waals surface area contributed by atoms with Gasteiger partial charge in [0, 0.05) is 13.1 Å². The summed E-state index contributed by atoms with van der Waals surface area (Å²) in [6, 6.07) is 9.10. The van der Waals surface area contributed by atoms with Gasteiger partial charge in [0.25, 0.3) is 10.0 Å². The molecule has 0 bridgehead atoms. The van der Waals surface area contributed by atoms with E-state index in [0.29, 0.717) is 16.9 Å². The molecule has 1 aromatic heterocycles. The van der Waals surface area contributed by atoms with Crippen molar-refractivity contribution in [1.29, 1.82) is 0 Å². The van der Waals surface area contributed by atoms with Gasteiger partial charge in [-0.15, -0.1) is 0 Å². The summed E-state index contributed by atoms with van der Waals surface area (Å²) in [5.41, 5.74) is 1.18. The van der Waals surface area contributed by atoms with Gasteiger partial charge in [-0.1, -0.05) is 23.7 Å². The Morgan fingerprint density at radius 2 is 1.92 bits per heavy atom. The number of nitrogens with one attached hydrogen (secondary N) is 1. The van der Waals surface area contributed by atoms with Gasteiger partial charge in [0.15, 0.2) is 5.58 Å². The predicted molar refractivity (Wildman–Crippen MR) is 96.1 cm³/mol. The number of fused-ring (bicyclic) bond motifs is 2. The fourth-order valence-electron chi connectivity index (χ4n) is 2.86. The normalized spacial score (nSPS) is 14.4. The Labute approximate surface area is 152 Å². The lowest BCUT2D eigenvalue weighted by atomic mass is 10.2. The number of carbonyl (C=O) groups is 1. The molecule has 8 nitrogen and oxygen atoms in total. The number of para-hydroxylation sites is 2. The lowest BCUT2D eigenvalue weighted by molar-refractivity contribution is -0.115. The smallest absolute Gasteiger partial charge is 0.408 e. The second-order valence-corrected chi connectivity index (χ2v) is 7.99. The first-order valence-corrected chi connectivity index (χ1v) is 9.31. The molecular weight excluding hydrogens is 382 g/mol. The maximum atomic E-state index is 13.2. The monoisotopic (exact) mass is 393 g/mol. The molecule has 10 heteroatoms. The van der Waals surface area contributed by atoms with Crippen LogP contribution in [0.25, 0.3) is 11.1 Å². The molecule has 0 spiro atoms. The molecule has 0 saturated carbocycles. The van der Waals surface area contributed by atoms with Gasteiger partial charge in [-0.25, -0.2) is 13.2 Å². The first-order valence-electron chi connectivity index (χ1n) is 7.50. The molecule has 1 N–H and O–H groups in total. The third kappa shape index (κ3) is 2.39. The SMILES string of the molecule is Cn1c(=O)oc2cc(S(=O)(=O)N3CC(=O)Nc4ccccc43)c(Cl)cc21. The Morgan fingerprint density at radius 3 is 2.69 bits per heavy atom. The summed E-state index contributed by atoms with van der Waals surface area (Å²) < 4.78 is 33.6. The van der Waals surface area contributed by atoms with Crippen molar-refractivity contribution in [1.82, 2.24) is 4.57 Å². The van der Waals surface area contributed by atoms with Crippen molar-refractivity contribution in [3.05, 3.63) is 52.0 Å². The van der Waals surface area contributed by atoms with Crippen molar-refractivity contribution >= 4 is 50.0 Å². The van der Waals surface area contributed by atoms with Gasteiger partial charge in [-0.05, 0) is 18.2 Å². The fraction of sp³-hybridized carbons (Fsp3) is 0.125. The molecule has 3 aromatic rings. The zero-order chi connectivity index (χ0) is 18.6. The molecule has 1 aliphatic heterocycles.